The molecular formula is C17H14ClN3O4. The minimum atomic E-state index is -0.589. The van der Waals surface area contributed by atoms with Gasteiger partial charge >= 0.3 is 0 Å². The number of anilines is 1. The Morgan fingerprint density at radius 3 is 2.44 bits per heavy atom. The molecule has 2 aromatic carbocycles. The topological polar surface area (TPSA) is 92.6 Å². The van der Waals surface area contributed by atoms with Crippen LogP contribution in [-0.2, 0) is 0 Å². The molecule has 0 saturated carbocycles. The van der Waals surface area contributed by atoms with Crippen molar-refractivity contribution in [3.63, 3.8) is 0 Å². The number of amides is 2. The number of rotatable bonds is 4. The average molecular weight is 360 g/mol. The number of nitrogens with one attached hydrogen (secondary N) is 1. The van der Waals surface area contributed by atoms with Crippen molar-refractivity contribution in [2.75, 3.05) is 18.4 Å². The largest absolute Gasteiger partial charge is 0.338 e. The zero-order chi connectivity index (χ0) is 18.0. The van der Waals surface area contributed by atoms with Crippen LogP contribution in [-0.4, -0.2) is 34.7 Å². The van der Waals surface area contributed by atoms with Crippen molar-refractivity contribution in [2.45, 2.75) is 6.42 Å². The number of carbonyl (C=O) groups is 2. The van der Waals surface area contributed by atoms with Crippen LogP contribution >= 0.6 is 11.6 Å². The van der Waals surface area contributed by atoms with Gasteiger partial charge in [-0.2, -0.15) is 0 Å². The SMILES string of the molecule is O=C(Nc1ccccc1C(=O)N1CCC1)c1ccc([N+](=O)[O-])cc1Cl. The lowest BCUT2D eigenvalue weighted by Crippen LogP contribution is -2.42. The van der Waals surface area contributed by atoms with Gasteiger partial charge in [-0.1, -0.05) is 23.7 Å². The molecule has 0 radical (unpaired) electrons. The number of nitro benzene ring substituents is 1. The molecule has 2 aromatic rings. The number of nitro groups is 1. The quantitative estimate of drug-likeness (QED) is 0.669. The van der Waals surface area contributed by atoms with E-state index in [2.05, 4.69) is 5.32 Å². The van der Waals surface area contributed by atoms with Gasteiger partial charge < -0.3 is 10.2 Å². The predicted molar refractivity (Wildman–Crippen MR) is 93.0 cm³/mol. The molecule has 0 atom stereocenters. The van der Waals surface area contributed by atoms with Crippen LogP contribution < -0.4 is 5.32 Å². The summed E-state index contributed by atoms with van der Waals surface area (Å²) in [5.74, 6) is -0.680. The Morgan fingerprint density at radius 1 is 1.12 bits per heavy atom. The molecule has 25 heavy (non-hydrogen) atoms. The van der Waals surface area contributed by atoms with E-state index in [4.69, 9.17) is 11.6 Å². The van der Waals surface area contributed by atoms with Crippen LogP contribution in [0.3, 0.4) is 0 Å². The molecule has 128 valence electrons. The van der Waals surface area contributed by atoms with Crippen LogP contribution in [0.2, 0.25) is 5.02 Å². The van der Waals surface area contributed by atoms with Gasteiger partial charge in [0.15, 0.2) is 0 Å². The summed E-state index contributed by atoms with van der Waals surface area (Å²) in [5, 5.41) is 13.4. The first-order chi connectivity index (χ1) is 12.0. The highest BCUT2D eigenvalue weighted by Crippen LogP contribution is 2.25. The second-order valence-electron chi connectivity index (χ2n) is 5.57. The first-order valence-electron chi connectivity index (χ1n) is 7.61. The molecule has 0 spiro atoms. The number of benzene rings is 2. The third kappa shape index (κ3) is 3.46. The summed E-state index contributed by atoms with van der Waals surface area (Å²) >= 11 is 5.98. The monoisotopic (exact) mass is 359 g/mol. The zero-order valence-corrected chi connectivity index (χ0v) is 13.8. The van der Waals surface area contributed by atoms with Crippen molar-refractivity contribution in [3.05, 3.63) is 68.7 Å². The maximum Gasteiger partial charge on any atom is 0.270 e. The molecule has 1 N–H and O–H groups in total. The summed E-state index contributed by atoms with van der Waals surface area (Å²) in [7, 11) is 0. The van der Waals surface area contributed by atoms with Crippen molar-refractivity contribution in [2.24, 2.45) is 0 Å². The number of nitrogens with zero attached hydrogens (tertiary/aromatic N) is 2. The maximum absolute atomic E-state index is 12.5. The van der Waals surface area contributed by atoms with Gasteiger partial charge in [-0.25, -0.2) is 0 Å². The number of non-ortho nitro benzene ring substituents is 1. The summed E-state index contributed by atoms with van der Waals surface area (Å²) in [5.41, 5.74) is 0.667. The Morgan fingerprint density at radius 2 is 1.84 bits per heavy atom. The van der Waals surface area contributed by atoms with E-state index in [9.17, 15) is 19.7 Å². The van der Waals surface area contributed by atoms with E-state index in [-0.39, 0.29) is 22.2 Å². The molecule has 0 bridgehead atoms. The Hall–Kier alpha value is -2.93. The molecule has 0 aromatic heterocycles. The fourth-order valence-corrected chi connectivity index (χ4v) is 2.72. The van der Waals surface area contributed by atoms with Gasteiger partial charge in [0, 0.05) is 25.2 Å². The molecule has 2 amide bonds. The van der Waals surface area contributed by atoms with Crippen LogP contribution in [0, 0.1) is 10.1 Å². The van der Waals surface area contributed by atoms with E-state index in [0.29, 0.717) is 24.3 Å². The molecule has 3 rings (SSSR count). The lowest BCUT2D eigenvalue weighted by atomic mass is 10.1. The van der Waals surface area contributed by atoms with Crippen LogP contribution in [0.5, 0.6) is 0 Å². The molecule has 0 unspecified atom stereocenters. The molecule has 0 aliphatic carbocycles. The van der Waals surface area contributed by atoms with E-state index in [1.54, 1.807) is 29.2 Å². The highest BCUT2D eigenvalue weighted by atomic mass is 35.5. The third-order valence-electron chi connectivity index (χ3n) is 3.96. The van der Waals surface area contributed by atoms with Crippen molar-refractivity contribution >= 4 is 34.8 Å². The third-order valence-corrected chi connectivity index (χ3v) is 4.27. The minimum Gasteiger partial charge on any atom is -0.338 e. The Balaban J connectivity index is 1.84. The Bertz CT molecular complexity index is 865. The van der Waals surface area contributed by atoms with Crippen LogP contribution in [0.4, 0.5) is 11.4 Å². The number of para-hydroxylation sites is 1. The van der Waals surface area contributed by atoms with Gasteiger partial charge in [0.05, 0.1) is 26.8 Å². The summed E-state index contributed by atoms with van der Waals surface area (Å²) in [6.45, 7) is 1.41. The van der Waals surface area contributed by atoms with Crippen LogP contribution in [0.25, 0.3) is 0 Å². The number of likely N-dealkylation sites (tertiary alicyclic amines) is 1. The van der Waals surface area contributed by atoms with Crippen molar-refractivity contribution in [1.82, 2.24) is 4.90 Å². The predicted octanol–water partition coefficient (Wildman–Crippen LogP) is 3.35. The molecule has 1 aliphatic rings. The second-order valence-corrected chi connectivity index (χ2v) is 5.97. The Labute approximate surface area is 148 Å². The molecule has 1 heterocycles. The smallest absolute Gasteiger partial charge is 0.270 e. The standard InChI is InChI=1S/C17H14ClN3O4/c18-14-10-11(21(24)25)6-7-12(14)16(22)19-15-5-2-1-4-13(15)17(23)20-8-3-9-20/h1-2,4-7,10H,3,8-9H2,(H,19,22). The van der Waals surface area contributed by atoms with Gasteiger partial charge in [-0.15, -0.1) is 0 Å². The zero-order valence-electron chi connectivity index (χ0n) is 13.1. The number of carbonyl (C=O) groups excluding carboxylic acids is 2. The Kier molecular flexibility index (Phi) is 4.67. The van der Waals surface area contributed by atoms with E-state index in [1.807, 2.05) is 0 Å². The van der Waals surface area contributed by atoms with E-state index in [1.165, 1.54) is 12.1 Å². The minimum absolute atomic E-state index is 0.0294. The molecule has 1 aliphatic heterocycles. The lowest BCUT2D eigenvalue weighted by molar-refractivity contribution is -0.384. The van der Waals surface area contributed by atoms with Crippen molar-refractivity contribution in [3.8, 4) is 0 Å². The first-order valence-corrected chi connectivity index (χ1v) is 7.99. The first kappa shape index (κ1) is 16.9. The molecule has 7 nitrogen and oxygen atoms in total. The maximum atomic E-state index is 12.5. The lowest BCUT2D eigenvalue weighted by Gasteiger charge is -2.31. The fraction of sp³-hybridized carbons (Fsp3) is 0.176. The van der Waals surface area contributed by atoms with Gasteiger partial charge in [0.1, 0.15) is 0 Å². The van der Waals surface area contributed by atoms with Gasteiger partial charge in [0.2, 0.25) is 0 Å². The van der Waals surface area contributed by atoms with Gasteiger partial charge in [-0.3, -0.25) is 19.7 Å². The van der Waals surface area contributed by atoms with Crippen LogP contribution in [0.1, 0.15) is 27.1 Å². The fourth-order valence-electron chi connectivity index (χ4n) is 2.46. The molecule has 1 saturated heterocycles. The number of hydrogen-bond acceptors (Lipinski definition) is 4. The molecule has 8 heteroatoms. The van der Waals surface area contributed by atoms with Crippen molar-refractivity contribution < 1.29 is 14.5 Å². The number of hydrogen-bond donors (Lipinski definition) is 1. The van der Waals surface area contributed by atoms with Crippen LogP contribution in [0.15, 0.2) is 42.5 Å². The second kappa shape index (κ2) is 6.90. The highest BCUT2D eigenvalue weighted by molar-refractivity contribution is 6.34. The molecule has 1 fully saturated rings. The average Bonchev–Trinajstić information content (AvgIpc) is 2.53. The van der Waals surface area contributed by atoms with Gasteiger partial charge in [-0.05, 0) is 24.6 Å². The summed E-state index contributed by atoms with van der Waals surface area (Å²) < 4.78 is 0. The number of halogens is 1. The molecular weight excluding hydrogens is 346 g/mol. The van der Waals surface area contributed by atoms with Crippen molar-refractivity contribution in [1.29, 1.82) is 0 Å². The van der Waals surface area contributed by atoms with E-state index < -0.39 is 10.8 Å². The summed E-state index contributed by atoms with van der Waals surface area (Å²) in [4.78, 5) is 36.7. The van der Waals surface area contributed by atoms with E-state index >= 15 is 0 Å². The van der Waals surface area contributed by atoms with E-state index in [0.717, 1.165) is 12.5 Å². The summed E-state index contributed by atoms with van der Waals surface area (Å²) in [6, 6.07) is 10.3. The van der Waals surface area contributed by atoms with Gasteiger partial charge in [0.25, 0.3) is 17.5 Å². The normalized spacial score (nSPS) is 13.1. The summed E-state index contributed by atoms with van der Waals surface area (Å²) in [6.07, 6.45) is 0.971. The highest BCUT2D eigenvalue weighted by Gasteiger charge is 2.24.